The van der Waals surface area contributed by atoms with Gasteiger partial charge in [0.2, 0.25) is 0 Å². The first-order valence-electron chi connectivity index (χ1n) is 8.32. The first-order valence-corrected chi connectivity index (χ1v) is 8.32. The normalized spacial score (nSPS) is 16.5. The summed E-state index contributed by atoms with van der Waals surface area (Å²) in [6.45, 7) is 0. The van der Waals surface area contributed by atoms with Gasteiger partial charge >= 0.3 is 0 Å². The highest BCUT2D eigenvalue weighted by Crippen LogP contribution is 2.36. The van der Waals surface area contributed by atoms with Gasteiger partial charge in [-0.05, 0) is 31.0 Å². The number of rotatable bonds is 3. The molecule has 0 fully saturated rings. The molecule has 0 radical (unpaired) electrons. The lowest BCUT2D eigenvalue weighted by Gasteiger charge is -2.18. The molecule has 0 saturated heterocycles. The molecule has 0 saturated carbocycles. The zero-order valence-corrected chi connectivity index (χ0v) is 13.8. The SMILES string of the molecule is C1=CC(c2n[nH]c3ccc(-c4nc[nH]n4)cc23)=C(C2=COC=CO2)CC1. The zero-order chi connectivity index (χ0) is 17.3. The van der Waals surface area contributed by atoms with Crippen molar-refractivity contribution in [2.45, 2.75) is 12.8 Å². The van der Waals surface area contributed by atoms with E-state index in [1.807, 2.05) is 12.1 Å². The van der Waals surface area contributed by atoms with Gasteiger partial charge in [-0.3, -0.25) is 10.2 Å². The Labute approximate surface area is 148 Å². The molecular weight excluding hydrogens is 330 g/mol. The monoisotopic (exact) mass is 345 g/mol. The van der Waals surface area contributed by atoms with Crippen LogP contribution in [0.4, 0.5) is 0 Å². The van der Waals surface area contributed by atoms with Gasteiger partial charge in [-0.1, -0.05) is 12.2 Å². The van der Waals surface area contributed by atoms with Crippen molar-refractivity contribution < 1.29 is 9.47 Å². The fraction of sp³-hybridized carbons (Fsp3) is 0.105. The van der Waals surface area contributed by atoms with E-state index in [4.69, 9.17) is 9.47 Å². The average Bonchev–Trinajstić information content (AvgIpc) is 3.38. The van der Waals surface area contributed by atoms with Gasteiger partial charge < -0.3 is 9.47 Å². The van der Waals surface area contributed by atoms with E-state index in [1.165, 1.54) is 6.26 Å². The Bertz CT molecular complexity index is 1090. The second kappa shape index (κ2) is 6.03. The Morgan fingerprint density at radius 2 is 2.12 bits per heavy atom. The van der Waals surface area contributed by atoms with Crippen LogP contribution in [0.2, 0.25) is 0 Å². The van der Waals surface area contributed by atoms with E-state index in [1.54, 1.807) is 18.9 Å². The van der Waals surface area contributed by atoms with Crippen LogP contribution in [-0.2, 0) is 9.47 Å². The van der Waals surface area contributed by atoms with Crippen molar-refractivity contribution in [1.29, 1.82) is 0 Å². The molecule has 2 N–H and O–H groups in total. The highest BCUT2D eigenvalue weighted by Gasteiger charge is 2.21. The molecule has 0 amide bonds. The Balaban J connectivity index is 1.67. The fourth-order valence-corrected chi connectivity index (χ4v) is 3.25. The summed E-state index contributed by atoms with van der Waals surface area (Å²) in [5.74, 6) is 1.37. The number of hydrogen-bond acceptors (Lipinski definition) is 5. The van der Waals surface area contributed by atoms with Gasteiger partial charge in [0.05, 0.1) is 5.52 Å². The molecule has 3 aromatic rings. The smallest absolute Gasteiger partial charge is 0.180 e. The lowest BCUT2D eigenvalue weighted by atomic mass is 9.92. The molecule has 1 aromatic carbocycles. The van der Waals surface area contributed by atoms with Gasteiger partial charge in [-0.15, -0.1) is 0 Å². The molecule has 128 valence electrons. The van der Waals surface area contributed by atoms with Crippen LogP contribution < -0.4 is 0 Å². The van der Waals surface area contributed by atoms with Crippen LogP contribution in [0.1, 0.15) is 18.5 Å². The predicted molar refractivity (Wildman–Crippen MR) is 96.2 cm³/mol. The first-order chi connectivity index (χ1) is 12.9. The maximum Gasteiger partial charge on any atom is 0.180 e. The summed E-state index contributed by atoms with van der Waals surface area (Å²) in [5.41, 5.74) is 4.87. The molecule has 7 heteroatoms. The van der Waals surface area contributed by atoms with Crippen LogP contribution in [0.3, 0.4) is 0 Å². The molecule has 2 aliphatic rings. The van der Waals surface area contributed by atoms with E-state index in [2.05, 4.69) is 43.6 Å². The largest absolute Gasteiger partial charge is 0.466 e. The number of benzene rings is 1. The number of aromatic nitrogens is 5. The Morgan fingerprint density at radius 1 is 1.12 bits per heavy atom. The highest BCUT2D eigenvalue weighted by molar-refractivity contribution is 5.96. The third kappa shape index (κ3) is 2.41. The minimum absolute atomic E-state index is 0.657. The summed E-state index contributed by atoms with van der Waals surface area (Å²) in [5, 5.41) is 15.6. The fourth-order valence-electron chi connectivity index (χ4n) is 3.25. The van der Waals surface area contributed by atoms with E-state index >= 15 is 0 Å². The minimum Gasteiger partial charge on any atom is -0.466 e. The standard InChI is InChI=1S/C19H15N5O2/c1-2-4-14(13(3-1)17-10-25-7-8-26-17)18-15-9-12(19-20-11-21-24-19)5-6-16(15)22-23-18/h2,4-11H,1,3H2,(H,22,23)(H,20,21,24). The molecule has 0 spiro atoms. The Kier molecular flexibility index (Phi) is 3.41. The lowest BCUT2D eigenvalue weighted by molar-refractivity contribution is 0.262. The Morgan fingerprint density at radius 3 is 2.96 bits per heavy atom. The van der Waals surface area contributed by atoms with Crippen molar-refractivity contribution in [2.75, 3.05) is 0 Å². The molecule has 0 atom stereocenters. The van der Waals surface area contributed by atoms with Gasteiger partial charge in [0.1, 0.15) is 30.8 Å². The third-order valence-corrected chi connectivity index (χ3v) is 4.46. The van der Waals surface area contributed by atoms with Crippen molar-refractivity contribution >= 4 is 16.5 Å². The van der Waals surface area contributed by atoms with Crippen LogP contribution in [0, 0.1) is 0 Å². The van der Waals surface area contributed by atoms with Crippen molar-refractivity contribution in [2.24, 2.45) is 0 Å². The molecule has 3 heterocycles. The molecule has 2 aromatic heterocycles. The third-order valence-electron chi connectivity index (χ3n) is 4.46. The second-order valence-electron chi connectivity index (χ2n) is 6.00. The molecule has 0 unspecified atom stereocenters. The summed E-state index contributed by atoms with van der Waals surface area (Å²) < 4.78 is 10.9. The number of allylic oxidation sites excluding steroid dienone is 4. The van der Waals surface area contributed by atoms with Crippen molar-refractivity contribution in [1.82, 2.24) is 25.4 Å². The number of nitrogens with one attached hydrogen (secondary N) is 2. The minimum atomic E-state index is 0.657. The van der Waals surface area contributed by atoms with E-state index in [0.717, 1.165) is 46.1 Å². The zero-order valence-electron chi connectivity index (χ0n) is 13.8. The van der Waals surface area contributed by atoms with Crippen LogP contribution >= 0.6 is 0 Å². The van der Waals surface area contributed by atoms with Gasteiger partial charge in [-0.2, -0.15) is 10.2 Å². The van der Waals surface area contributed by atoms with E-state index in [-0.39, 0.29) is 0 Å². The maximum atomic E-state index is 5.64. The summed E-state index contributed by atoms with van der Waals surface area (Å²) in [6, 6.07) is 6.02. The molecule has 0 bridgehead atoms. The lowest BCUT2D eigenvalue weighted by Crippen LogP contribution is -2.03. The molecule has 26 heavy (non-hydrogen) atoms. The van der Waals surface area contributed by atoms with Gasteiger partial charge in [0.15, 0.2) is 11.6 Å². The number of hydrogen-bond donors (Lipinski definition) is 2. The van der Waals surface area contributed by atoms with Crippen molar-refractivity contribution in [3.63, 3.8) is 0 Å². The number of aromatic amines is 2. The molecule has 1 aliphatic heterocycles. The van der Waals surface area contributed by atoms with Crippen LogP contribution in [0.25, 0.3) is 27.9 Å². The van der Waals surface area contributed by atoms with E-state index in [0.29, 0.717) is 11.6 Å². The molecule has 7 nitrogen and oxygen atoms in total. The van der Waals surface area contributed by atoms with Gasteiger partial charge in [-0.25, -0.2) is 4.98 Å². The summed E-state index contributed by atoms with van der Waals surface area (Å²) in [7, 11) is 0. The maximum absolute atomic E-state index is 5.64. The summed E-state index contributed by atoms with van der Waals surface area (Å²) in [6.07, 6.45) is 12.3. The quantitative estimate of drug-likeness (QED) is 0.753. The average molecular weight is 345 g/mol. The number of H-pyrrole nitrogens is 2. The number of fused-ring (bicyclic) bond motifs is 1. The second-order valence-corrected chi connectivity index (χ2v) is 6.00. The topological polar surface area (TPSA) is 88.7 Å². The molecule has 1 aliphatic carbocycles. The van der Waals surface area contributed by atoms with Crippen LogP contribution in [-0.4, -0.2) is 25.4 Å². The summed E-state index contributed by atoms with van der Waals surface area (Å²) >= 11 is 0. The van der Waals surface area contributed by atoms with Gasteiger partial charge in [0.25, 0.3) is 0 Å². The van der Waals surface area contributed by atoms with Crippen LogP contribution in [0.5, 0.6) is 0 Å². The van der Waals surface area contributed by atoms with Crippen molar-refractivity contribution in [3.8, 4) is 11.4 Å². The molecule has 5 rings (SSSR count). The molecular formula is C19H15N5O2. The van der Waals surface area contributed by atoms with E-state index in [9.17, 15) is 0 Å². The summed E-state index contributed by atoms with van der Waals surface area (Å²) in [4.78, 5) is 4.23. The predicted octanol–water partition coefficient (Wildman–Crippen LogP) is 3.81. The van der Waals surface area contributed by atoms with Crippen LogP contribution in [0.15, 0.2) is 66.8 Å². The van der Waals surface area contributed by atoms with Gasteiger partial charge in [0, 0.05) is 22.1 Å². The van der Waals surface area contributed by atoms with E-state index < -0.39 is 0 Å². The highest BCUT2D eigenvalue weighted by atomic mass is 16.5. The Hall–Kier alpha value is -3.61. The van der Waals surface area contributed by atoms with Crippen molar-refractivity contribution in [3.05, 3.63) is 72.5 Å². The number of nitrogens with zero attached hydrogens (tertiary/aromatic N) is 3. The number of ether oxygens (including phenoxy) is 2. The first kappa shape index (κ1) is 14.7.